The second-order valence-electron chi connectivity index (χ2n) is 4.21. The predicted octanol–water partition coefficient (Wildman–Crippen LogP) is 1.49. The molecule has 4 nitrogen and oxygen atoms in total. The van der Waals surface area contributed by atoms with Crippen molar-refractivity contribution in [2.24, 2.45) is 0 Å². The summed E-state index contributed by atoms with van der Waals surface area (Å²) in [7, 11) is 0. The van der Waals surface area contributed by atoms with E-state index in [4.69, 9.17) is 5.11 Å². The van der Waals surface area contributed by atoms with E-state index in [2.05, 4.69) is 5.32 Å². The number of aliphatic hydroxyl groups is 1. The first-order valence-electron chi connectivity index (χ1n) is 5.99. The summed E-state index contributed by atoms with van der Waals surface area (Å²) in [6, 6.07) is 7.23. The molecule has 0 aliphatic rings. The molecule has 0 aliphatic carbocycles. The van der Waals surface area contributed by atoms with E-state index in [0.29, 0.717) is 5.69 Å². The molecular formula is C13H18F2N2O2. The number of para-hydroxylation sites is 1. The molecule has 0 aromatic heterocycles. The van der Waals surface area contributed by atoms with Gasteiger partial charge < -0.3 is 10.4 Å². The van der Waals surface area contributed by atoms with Crippen LogP contribution in [0, 0.1) is 6.92 Å². The Morgan fingerprint density at radius 3 is 2.68 bits per heavy atom. The summed E-state index contributed by atoms with van der Waals surface area (Å²) in [4.78, 5) is 13.0. The molecule has 19 heavy (non-hydrogen) atoms. The minimum Gasteiger partial charge on any atom is -0.395 e. The fourth-order valence-electron chi connectivity index (χ4n) is 1.68. The molecule has 6 heteroatoms. The van der Waals surface area contributed by atoms with E-state index in [1.165, 1.54) is 4.90 Å². The van der Waals surface area contributed by atoms with Gasteiger partial charge in [0, 0.05) is 12.2 Å². The van der Waals surface area contributed by atoms with Crippen molar-refractivity contribution in [2.75, 3.05) is 31.6 Å². The molecule has 0 saturated heterocycles. The van der Waals surface area contributed by atoms with Crippen molar-refractivity contribution in [1.29, 1.82) is 0 Å². The maximum absolute atomic E-state index is 12.3. The summed E-state index contributed by atoms with van der Waals surface area (Å²) in [5.41, 5.74) is 1.56. The van der Waals surface area contributed by atoms with Gasteiger partial charge in [0.15, 0.2) is 0 Å². The average Bonchev–Trinajstić information content (AvgIpc) is 2.31. The first-order valence-corrected chi connectivity index (χ1v) is 5.99. The van der Waals surface area contributed by atoms with Crippen LogP contribution in [0.25, 0.3) is 0 Å². The van der Waals surface area contributed by atoms with Crippen molar-refractivity contribution >= 4 is 11.6 Å². The Kier molecular flexibility index (Phi) is 6.38. The smallest absolute Gasteiger partial charge is 0.251 e. The van der Waals surface area contributed by atoms with Crippen molar-refractivity contribution in [3.05, 3.63) is 29.8 Å². The van der Waals surface area contributed by atoms with Gasteiger partial charge in [0.1, 0.15) is 0 Å². The predicted molar refractivity (Wildman–Crippen MR) is 69.3 cm³/mol. The third-order valence-electron chi connectivity index (χ3n) is 2.60. The van der Waals surface area contributed by atoms with Gasteiger partial charge in [-0.15, -0.1) is 0 Å². The average molecular weight is 272 g/mol. The molecule has 0 spiro atoms. The zero-order valence-corrected chi connectivity index (χ0v) is 10.8. The molecule has 1 amide bonds. The number of hydrogen-bond donors (Lipinski definition) is 2. The molecule has 1 rings (SSSR count). The second kappa shape index (κ2) is 7.81. The lowest BCUT2D eigenvalue weighted by Gasteiger charge is -2.20. The molecule has 0 bridgehead atoms. The number of nitrogens with one attached hydrogen (secondary N) is 1. The Hall–Kier alpha value is -1.53. The van der Waals surface area contributed by atoms with Crippen molar-refractivity contribution < 1.29 is 18.7 Å². The Morgan fingerprint density at radius 1 is 1.42 bits per heavy atom. The normalized spacial score (nSPS) is 11.1. The number of rotatable bonds is 7. The molecule has 0 heterocycles. The maximum Gasteiger partial charge on any atom is 0.251 e. The topological polar surface area (TPSA) is 52.6 Å². The first kappa shape index (κ1) is 15.5. The summed E-state index contributed by atoms with van der Waals surface area (Å²) in [6.45, 7) is 0.942. The number of benzene rings is 1. The van der Waals surface area contributed by atoms with Crippen molar-refractivity contribution in [1.82, 2.24) is 4.90 Å². The van der Waals surface area contributed by atoms with Gasteiger partial charge in [-0.2, -0.15) is 0 Å². The highest BCUT2D eigenvalue weighted by Crippen LogP contribution is 2.13. The monoisotopic (exact) mass is 272 g/mol. The molecule has 106 valence electrons. The lowest BCUT2D eigenvalue weighted by molar-refractivity contribution is -0.117. The third-order valence-corrected chi connectivity index (χ3v) is 2.60. The zero-order chi connectivity index (χ0) is 14.3. The van der Waals surface area contributed by atoms with Gasteiger partial charge in [-0.3, -0.25) is 9.69 Å². The van der Waals surface area contributed by atoms with Gasteiger partial charge in [0.2, 0.25) is 5.91 Å². The minimum atomic E-state index is -2.53. The molecule has 0 radical (unpaired) electrons. The second-order valence-corrected chi connectivity index (χ2v) is 4.21. The number of nitrogens with zero attached hydrogens (tertiary/aromatic N) is 1. The fraction of sp³-hybridized carbons (Fsp3) is 0.462. The van der Waals surface area contributed by atoms with E-state index >= 15 is 0 Å². The molecule has 0 fully saturated rings. The molecule has 0 aliphatic heterocycles. The molecule has 2 N–H and O–H groups in total. The highest BCUT2D eigenvalue weighted by Gasteiger charge is 2.15. The van der Waals surface area contributed by atoms with E-state index in [-0.39, 0.29) is 25.6 Å². The number of carbonyl (C=O) groups excluding carboxylic acids is 1. The molecule has 0 saturated carbocycles. The number of hydrogen-bond acceptors (Lipinski definition) is 3. The van der Waals surface area contributed by atoms with Crippen LogP contribution in [0.2, 0.25) is 0 Å². The molecular weight excluding hydrogens is 254 g/mol. The van der Waals surface area contributed by atoms with E-state index in [1.54, 1.807) is 12.1 Å². The zero-order valence-electron chi connectivity index (χ0n) is 10.8. The first-order chi connectivity index (χ1) is 9.02. The van der Waals surface area contributed by atoms with Crippen molar-refractivity contribution in [3.63, 3.8) is 0 Å². The van der Waals surface area contributed by atoms with Crippen molar-refractivity contribution in [2.45, 2.75) is 13.3 Å². The van der Waals surface area contributed by atoms with E-state index < -0.39 is 13.0 Å². The van der Waals surface area contributed by atoms with Crippen LogP contribution in [0.3, 0.4) is 0 Å². The van der Waals surface area contributed by atoms with Crippen LogP contribution >= 0.6 is 0 Å². The van der Waals surface area contributed by atoms with Crippen LogP contribution in [0.4, 0.5) is 14.5 Å². The number of carbonyl (C=O) groups is 1. The summed E-state index contributed by atoms with van der Waals surface area (Å²) in [5, 5.41) is 11.4. The van der Waals surface area contributed by atoms with Gasteiger partial charge in [-0.1, -0.05) is 18.2 Å². The number of aliphatic hydroxyl groups excluding tert-OH is 1. The number of aryl methyl sites for hydroxylation is 1. The highest BCUT2D eigenvalue weighted by atomic mass is 19.3. The summed E-state index contributed by atoms with van der Waals surface area (Å²) >= 11 is 0. The maximum atomic E-state index is 12.3. The Balaban J connectivity index is 2.55. The van der Waals surface area contributed by atoms with E-state index in [1.807, 2.05) is 19.1 Å². The molecule has 1 aromatic carbocycles. The van der Waals surface area contributed by atoms with Crippen LogP contribution in [0.5, 0.6) is 0 Å². The van der Waals surface area contributed by atoms with E-state index in [0.717, 1.165) is 5.56 Å². The number of amides is 1. The van der Waals surface area contributed by atoms with Gasteiger partial charge in [0.25, 0.3) is 6.43 Å². The van der Waals surface area contributed by atoms with Gasteiger partial charge >= 0.3 is 0 Å². The lowest BCUT2D eigenvalue weighted by atomic mass is 10.2. The molecule has 1 aromatic rings. The molecule has 0 unspecified atom stereocenters. The third kappa shape index (κ3) is 5.76. The van der Waals surface area contributed by atoms with E-state index in [9.17, 15) is 13.6 Å². The van der Waals surface area contributed by atoms with Crippen LogP contribution in [-0.2, 0) is 4.79 Å². The summed E-state index contributed by atoms with van der Waals surface area (Å²) in [6.07, 6.45) is -2.53. The van der Waals surface area contributed by atoms with Crippen LogP contribution in [0.1, 0.15) is 5.56 Å². The summed E-state index contributed by atoms with van der Waals surface area (Å²) < 4.78 is 24.6. The minimum absolute atomic E-state index is 0.0472. The largest absolute Gasteiger partial charge is 0.395 e. The van der Waals surface area contributed by atoms with Crippen molar-refractivity contribution in [3.8, 4) is 0 Å². The number of anilines is 1. The number of alkyl halides is 2. The van der Waals surface area contributed by atoms with Crippen LogP contribution < -0.4 is 5.32 Å². The quantitative estimate of drug-likeness (QED) is 0.790. The van der Waals surface area contributed by atoms with Crippen LogP contribution in [-0.4, -0.2) is 48.6 Å². The fourth-order valence-corrected chi connectivity index (χ4v) is 1.68. The Bertz CT molecular complexity index is 413. The summed E-state index contributed by atoms with van der Waals surface area (Å²) in [5.74, 6) is -0.372. The Morgan fingerprint density at radius 2 is 2.11 bits per heavy atom. The highest BCUT2D eigenvalue weighted by molar-refractivity contribution is 5.92. The standard InChI is InChI=1S/C13H18F2N2O2/c1-10-4-2-3-5-11(10)16-13(19)9-17(6-7-18)8-12(14)15/h2-5,12,18H,6-9H2,1H3,(H,16,19). The van der Waals surface area contributed by atoms with Crippen LogP contribution in [0.15, 0.2) is 24.3 Å². The Labute approximate surface area is 111 Å². The van der Waals surface area contributed by atoms with Gasteiger partial charge in [-0.25, -0.2) is 8.78 Å². The van der Waals surface area contributed by atoms with Gasteiger partial charge in [0.05, 0.1) is 19.7 Å². The SMILES string of the molecule is Cc1ccccc1NC(=O)CN(CCO)CC(F)F. The molecule has 0 atom stereocenters. The van der Waals surface area contributed by atoms with Gasteiger partial charge in [-0.05, 0) is 18.6 Å². The lowest BCUT2D eigenvalue weighted by Crippen LogP contribution is -2.38. The number of halogens is 2.